The maximum Gasteiger partial charge on any atom is 0.336 e. The van der Waals surface area contributed by atoms with E-state index in [1.54, 1.807) is 26.0 Å². The Morgan fingerprint density at radius 3 is 2.48 bits per heavy atom. The summed E-state index contributed by atoms with van der Waals surface area (Å²) in [5, 5.41) is 14.7. The van der Waals surface area contributed by atoms with Crippen LogP contribution in [-0.2, 0) is 9.84 Å². The first-order valence-corrected chi connectivity index (χ1v) is 10.0. The van der Waals surface area contributed by atoms with E-state index in [0.29, 0.717) is 38.8 Å². The molecule has 4 aromatic rings. The van der Waals surface area contributed by atoms with Crippen LogP contribution in [0.3, 0.4) is 0 Å². The molecule has 0 aliphatic heterocycles. The third-order valence-corrected chi connectivity index (χ3v) is 5.76. The highest BCUT2D eigenvalue weighted by molar-refractivity contribution is 7.90. The first kappa shape index (κ1) is 17.3. The molecule has 138 valence electrons. The van der Waals surface area contributed by atoms with Crippen molar-refractivity contribution in [2.75, 3.05) is 6.26 Å². The Balaban J connectivity index is 2.12. The summed E-state index contributed by atoms with van der Waals surface area (Å²) in [7, 11) is -3.41. The number of fused-ring (bicyclic) bond motifs is 3. The monoisotopic (exact) mass is 384 g/mol. The molecule has 7 nitrogen and oxygen atoms in total. The summed E-state index contributed by atoms with van der Waals surface area (Å²) >= 11 is 0. The van der Waals surface area contributed by atoms with Gasteiger partial charge in [0.1, 0.15) is 5.76 Å². The molecule has 0 radical (unpaired) electrons. The van der Waals surface area contributed by atoms with Crippen molar-refractivity contribution in [2.45, 2.75) is 18.7 Å². The van der Waals surface area contributed by atoms with Crippen LogP contribution in [0, 0.1) is 13.8 Å². The average molecular weight is 384 g/mol. The Morgan fingerprint density at radius 1 is 1.15 bits per heavy atom. The summed E-state index contributed by atoms with van der Waals surface area (Å²) < 4.78 is 29.0. The molecule has 0 atom stereocenters. The number of sulfone groups is 1. The second kappa shape index (κ2) is 5.68. The lowest BCUT2D eigenvalue weighted by Gasteiger charge is -2.05. The molecule has 2 aromatic carbocycles. The predicted molar refractivity (Wildman–Crippen MR) is 101 cm³/mol. The molecule has 0 aliphatic carbocycles. The van der Waals surface area contributed by atoms with E-state index in [1.807, 2.05) is 6.07 Å². The summed E-state index contributed by atoms with van der Waals surface area (Å²) in [6.07, 6.45) is 1.12. The zero-order valence-electron chi connectivity index (χ0n) is 14.8. The van der Waals surface area contributed by atoms with Gasteiger partial charge in [0.2, 0.25) is 0 Å². The Hall–Kier alpha value is -3.13. The normalized spacial score (nSPS) is 12.1. The van der Waals surface area contributed by atoms with Crippen LogP contribution in [-0.4, -0.2) is 35.9 Å². The molecule has 4 rings (SSSR count). The van der Waals surface area contributed by atoms with Crippen molar-refractivity contribution in [3.05, 3.63) is 47.3 Å². The van der Waals surface area contributed by atoms with E-state index in [4.69, 9.17) is 4.52 Å². The zero-order valence-corrected chi connectivity index (χ0v) is 15.6. The van der Waals surface area contributed by atoms with Gasteiger partial charge in [-0.3, -0.25) is 0 Å². The molecular weight excluding hydrogens is 368 g/mol. The molecule has 2 heterocycles. The van der Waals surface area contributed by atoms with Crippen LogP contribution < -0.4 is 0 Å². The fourth-order valence-corrected chi connectivity index (χ4v) is 4.10. The SMILES string of the molecule is Cc1noc(C)c1-c1cc(C(=O)O)c2c(c1)[nH]c1ccc(S(C)(=O)=O)cc12. The number of carboxylic acids is 1. The van der Waals surface area contributed by atoms with Crippen LogP contribution in [0.15, 0.2) is 39.8 Å². The van der Waals surface area contributed by atoms with Gasteiger partial charge in [-0.2, -0.15) is 0 Å². The van der Waals surface area contributed by atoms with Gasteiger partial charge in [-0.25, -0.2) is 13.2 Å². The lowest BCUT2D eigenvalue weighted by Crippen LogP contribution is -1.99. The minimum atomic E-state index is -3.41. The van der Waals surface area contributed by atoms with Gasteiger partial charge in [0.05, 0.1) is 16.2 Å². The number of rotatable bonds is 3. The standard InChI is InChI=1S/C19H16N2O5S/c1-9-17(10(2)26-21-9)11-6-14(19(22)23)18-13-8-12(27(3,24)25)4-5-15(13)20-16(18)7-11/h4-8,20H,1-3H3,(H,22,23). The topological polar surface area (TPSA) is 113 Å². The number of aromatic nitrogens is 2. The Labute approximate surface area is 154 Å². The van der Waals surface area contributed by atoms with Gasteiger partial charge >= 0.3 is 5.97 Å². The third-order valence-electron chi connectivity index (χ3n) is 4.65. The predicted octanol–water partition coefficient (Wildman–Crippen LogP) is 3.69. The highest BCUT2D eigenvalue weighted by atomic mass is 32.2. The molecule has 0 unspecified atom stereocenters. The summed E-state index contributed by atoms with van der Waals surface area (Å²) in [4.78, 5) is 15.3. The highest BCUT2D eigenvalue weighted by Gasteiger charge is 2.20. The number of carbonyl (C=O) groups is 1. The fourth-order valence-electron chi connectivity index (χ4n) is 3.45. The minimum Gasteiger partial charge on any atom is -0.478 e. The van der Waals surface area contributed by atoms with E-state index in [9.17, 15) is 18.3 Å². The molecule has 2 aromatic heterocycles. The summed E-state index contributed by atoms with van der Waals surface area (Å²) in [5.41, 5.74) is 3.43. The first-order valence-electron chi connectivity index (χ1n) is 8.13. The summed E-state index contributed by atoms with van der Waals surface area (Å²) in [6, 6.07) is 8.05. The van der Waals surface area contributed by atoms with Gasteiger partial charge in [-0.05, 0) is 49.7 Å². The van der Waals surface area contributed by atoms with Gasteiger partial charge in [0.25, 0.3) is 0 Å². The number of hydrogen-bond donors (Lipinski definition) is 2. The van der Waals surface area contributed by atoms with Gasteiger partial charge in [-0.15, -0.1) is 0 Å². The number of nitrogens with one attached hydrogen (secondary N) is 1. The zero-order chi connectivity index (χ0) is 19.5. The number of benzene rings is 2. The number of nitrogens with zero attached hydrogens (tertiary/aromatic N) is 1. The molecular formula is C19H16N2O5S. The van der Waals surface area contributed by atoms with Crippen molar-refractivity contribution in [3.8, 4) is 11.1 Å². The average Bonchev–Trinajstić information content (AvgIpc) is 3.11. The first-order chi connectivity index (χ1) is 12.7. The van der Waals surface area contributed by atoms with E-state index < -0.39 is 15.8 Å². The van der Waals surface area contributed by atoms with Crippen molar-refractivity contribution in [1.82, 2.24) is 10.1 Å². The molecule has 0 fully saturated rings. The Morgan fingerprint density at radius 2 is 1.89 bits per heavy atom. The van der Waals surface area contributed by atoms with Gasteiger partial charge in [0, 0.05) is 33.6 Å². The minimum absolute atomic E-state index is 0.0828. The van der Waals surface area contributed by atoms with E-state index in [1.165, 1.54) is 12.1 Å². The lowest BCUT2D eigenvalue weighted by atomic mass is 9.98. The molecule has 0 spiro atoms. The number of aromatic carboxylic acids is 1. The highest BCUT2D eigenvalue weighted by Crippen LogP contribution is 2.36. The summed E-state index contributed by atoms with van der Waals surface area (Å²) in [5.74, 6) is -0.502. The Kier molecular flexibility index (Phi) is 3.64. The van der Waals surface area contributed by atoms with E-state index in [0.717, 1.165) is 11.8 Å². The molecule has 0 amide bonds. The number of hydrogen-bond acceptors (Lipinski definition) is 5. The maximum absolute atomic E-state index is 12.0. The van der Waals surface area contributed by atoms with Crippen molar-refractivity contribution in [2.24, 2.45) is 0 Å². The smallest absolute Gasteiger partial charge is 0.336 e. The number of aromatic amines is 1. The number of aryl methyl sites for hydroxylation is 2. The van der Waals surface area contributed by atoms with Gasteiger partial charge in [0.15, 0.2) is 9.84 Å². The van der Waals surface area contributed by atoms with Crippen LogP contribution in [0.1, 0.15) is 21.8 Å². The number of carboxylic acid groups (broad SMARTS) is 1. The molecule has 0 bridgehead atoms. The molecule has 0 saturated heterocycles. The molecule has 0 aliphatic rings. The molecule has 27 heavy (non-hydrogen) atoms. The van der Waals surface area contributed by atoms with Crippen LogP contribution in [0.2, 0.25) is 0 Å². The van der Waals surface area contributed by atoms with Gasteiger partial charge in [-0.1, -0.05) is 5.16 Å². The molecule has 8 heteroatoms. The Bertz CT molecular complexity index is 1330. The summed E-state index contributed by atoms with van der Waals surface area (Å²) in [6.45, 7) is 3.56. The molecule has 0 saturated carbocycles. The van der Waals surface area contributed by atoms with E-state index in [2.05, 4.69) is 10.1 Å². The van der Waals surface area contributed by atoms with Crippen LogP contribution in [0.4, 0.5) is 0 Å². The van der Waals surface area contributed by atoms with Gasteiger partial charge < -0.3 is 14.6 Å². The second-order valence-corrected chi connectivity index (χ2v) is 8.57. The third kappa shape index (κ3) is 2.69. The van der Waals surface area contributed by atoms with E-state index >= 15 is 0 Å². The van der Waals surface area contributed by atoms with Crippen molar-refractivity contribution in [1.29, 1.82) is 0 Å². The second-order valence-electron chi connectivity index (χ2n) is 6.56. The lowest BCUT2D eigenvalue weighted by molar-refractivity contribution is 0.0699. The molecule has 2 N–H and O–H groups in total. The fraction of sp³-hybridized carbons (Fsp3) is 0.158. The van der Waals surface area contributed by atoms with Crippen molar-refractivity contribution >= 4 is 37.6 Å². The van der Waals surface area contributed by atoms with Crippen LogP contribution in [0.25, 0.3) is 32.9 Å². The van der Waals surface area contributed by atoms with Crippen molar-refractivity contribution in [3.63, 3.8) is 0 Å². The maximum atomic E-state index is 12.0. The largest absolute Gasteiger partial charge is 0.478 e. The van der Waals surface area contributed by atoms with E-state index in [-0.39, 0.29) is 10.5 Å². The van der Waals surface area contributed by atoms with Crippen molar-refractivity contribution < 1.29 is 22.8 Å². The number of H-pyrrole nitrogens is 1. The quantitative estimate of drug-likeness (QED) is 0.557. The van der Waals surface area contributed by atoms with Crippen LogP contribution in [0.5, 0.6) is 0 Å². The van der Waals surface area contributed by atoms with Crippen LogP contribution >= 0.6 is 0 Å².